The van der Waals surface area contributed by atoms with Crippen LogP contribution >= 0.6 is 0 Å². The van der Waals surface area contributed by atoms with Gasteiger partial charge in [-0.25, -0.2) is 4.98 Å². The maximum atomic E-state index is 11.3. The van der Waals surface area contributed by atoms with Gasteiger partial charge in [0.15, 0.2) is 0 Å². The van der Waals surface area contributed by atoms with Crippen molar-refractivity contribution in [2.24, 2.45) is 11.3 Å². The zero-order valence-electron chi connectivity index (χ0n) is 14.2. The lowest BCUT2D eigenvalue weighted by molar-refractivity contribution is -0.0217. The van der Waals surface area contributed by atoms with E-state index in [4.69, 9.17) is 0 Å². The molecule has 1 spiro atoms. The Balaban J connectivity index is 1.52. The van der Waals surface area contributed by atoms with Crippen molar-refractivity contribution in [1.29, 1.82) is 0 Å². The summed E-state index contributed by atoms with van der Waals surface area (Å²) in [5.41, 5.74) is 3.99. The Bertz CT molecular complexity index is 760. The molecule has 2 aromatic rings. The van der Waals surface area contributed by atoms with Gasteiger partial charge in [-0.1, -0.05) is 24.3 Å². The number of likely N-dealkylation sites (tertiary alicyclic amines) is 1. The lowest BCUT2D eigenvalue weighted by Crippen LogP contribution is -2.44. The van der Waals surface area contributed by atoms with E-state index < -0.39 is 0 Å². The van der Waals surface area contributed by atoms with Crippen molar-refractivity contribution in [3.05, 3.63) is 42.4 Å². The van der Waals surface area contributed by atoms with Crippen LogP contribution in [-0.2, 0) is 0 Å². The number of imidazole rings is 1. The highest BCUT2D eigenvalue weighted by Gasteiger charge is 2.52. The van der Waals surface area contributed by atoms with E-state index in [0.29, 0.717) is 5.92 Å². The molecular weight excluding hydrogens is 298 g/mol. The van der Waals surface area contributed by atoms with Gasteiger partial charge in [-0.05, 0) is 56.8 Å². The monoisotopic (exact) mass is 323 g/mol. The van der Waals surface area contributed by atoms with Crippen molar-refractivity contribution in [2.75, 3.05) is 20.1 Å². The van der Waals surface area contributed by atoms with Crippen LogP contribution in [0.15, 0.2) is 36.8 Å². The summed E-state index contributed by atoms with van der Waals surface area (Å²) in [6.07, 6.45) is 8.24. The second-order valence-electron chi connectivity index (χ2n) is 8.03. The predicted molar refractivity (Wildman–Crippen MR) is 93.7 cm³/mol. The summed E-state index contributed by atoms with van der Waals surface area (Å²) < 4.78 is 2.30. The van der Waals surface area contributed by atoms with Crippen LogP contribution in [0.3, 0.4) is 0 Å². The molecule has 24 heavy (non-hydrogen) atoms. The number of rotatable bonds is 1. The van der Waals surface area contributed by atoms with Crippen LogP contribution in [-0.4, -0.2) is 45.8 Å². The van der Waals surface area contributed by atoms with Crippen LogP contribution in [0.4, 0.5) is 0 Å². The zero-order valence-corrected chi connectivity index (χ0v) is 14.2. The standard InChI is InChI=1S/C20H25N3O/c1-22-10-8-20(9-11-22)7-6-16(19(20)24)18-15-5-3-2-4-14(15)17-12-21-13-23(17)18/h2-5,12-13,16,18-19,24H,6-11H2,1H3/t16-,18+,19+/m1/s1. The predicted octanol–water partition coefficient (Wildman–Crippen LogP) is 2.94. The number of hydrogen-bond donors (Lipinski definition) is 1. The number of nitrogens with zero attached hydrogens (tertiary/aromatic N) is 3. The molecule has 5 rings (SSSR count). The van der Waals surface area contributed by atoms with Crippen molar-refractivity contribution < 1.29 is 5.11 Å². The first-order valence-electron chi connectivity index (χ1n) is 9.17. The zero-order chi connectivity index (χ0) is 16.3. The van der Waals surface area contributed by atoms with E-state index >= 15 is 0 Å². The number of aliphatic hydroxyl groups excluding tert-OH is 1. The molecule has 3 atom stereocenters. The molecule has 0 unspecified atom stereocenters. The van der Waals surface area contributed by atoms with Gasteiger partial charge in [0.25, 0.3) is 0 Å². The summed E-state index contributed by atoms with van der Waals surface area (Å²) in [7, 11) is 2.19. The van der Waals surface area contributed by atoms with E-state index in [1.165, 1.54) is 16.8 Å². The molecule has 2 aliphatic heterocycles. The molecule has 3 heterocycles. The smallest absolute Gasteiger partial charge is 0.0956 e. The van der Waals surface area contributed by atoms with Gasteiger partial charge in [0.1, 0.15) is 0 Å². The third-order valence-electron chi connectivity index (χ3n) is 6.92. The Morgan fingerprint density at radius 2 is 1.96 bits per heavy atom. The Hall–Kier alpha value is -1.65. The fourth-order valence-corrected chi connectivity index (χ4v) is 5.46. The first kappa shape index (κ1) is 14.7. The molecule has 4 nitrogen and oxygen atoms in total. The minimum Gasteiger partial charge on any atom is -0.392 e. The molecule has 0 bridgehead atoms. The van der Waals surface area contributed by atoms with Crippen LogP contribution in [0.5, 0.6) is 0 Å². The third kappa shape index (κ3) is 1.90. The minimum atomic E-state index is -0.211. The average Bonchev–Trinajstić information content (AvgIpc) is 3.26. The van der Waals surface area contributed by atoms with Gasteiger partial charge in [0.2, 0.25) is 0 Å². The van der Waals surface area contributed by atoms with E-state index in [1.54, 1.807) is 0 Å². The summed E-state index contributed by atoms with van der Waals surface area (Å²) in [6, 6.07) is 8.89. The van der Waals surface area contributed by atoms with Crippen LogP contribution in [0.25, 0.3) is 11.3 Å². The van der Waals surface area contributed by atoms with E-state index in [0.717, 1.165) is 38.8 Å². The number of hydrogen-bond acceptors (Lipinski definition) is 3. The molecule has 4 heteroatoms. The van der Waals surface area contributed by atoms with Gasteiger partial charge in [-0.15, -0.1) is 0 Å². The van der Waals surface area contributed by atoms with Crippen LogP contribution < -0.4 is 0 Å². The molecular formula is C20H25N3O. The Morgan fingerprint density at radius 1 is 1.17 bits per heavy atom. The maximum Gasteiger partial charge on any atom is 0.0956 e. The summed E-state index contributed by atoms with van der Waals surface area (Å²) >= 11 is 0. The fourth-order valence-electron chi connectivity index (χ4n) is 5.46. The largest absolute Gasteiger partial charge is 0.392 e. The second kappa shape index (κ2) is 5.17. The maximum absolute atomic E-state index is 11.3. The highest BCUT2D eigenvalue weighted by molar-refractivity contribution is 5.69. The van der Waals surface area contributed by atoms with Crippen LogP contribution in [0, 0.1) is 11.3 Å². The first-order chi connectivity index (χ1) is 11.7. The van der Waals surface area contributed by atoms with E-state index in [-0.39, 0.29) is 17.6 Å². The Kier molecular flexibility index (Phi) is 3.16. The summed E-state index contributed by atoms with van der Waals surface area (Å²) in [5.74, 6) is 0.296. The highest BCUT2D eigenvalue weighted by atomic mass is 16.3. The molecule has 1 saturated carbocycles. The van der Waals surface area contributed by atoms with Crippen molar-refractivity contribution in [3.63, 3.8) is 0 Å². The fraction of sp³-hybridized carbons (Fsp3) is 0.550. The molecule has 0 radical (unpaired) electrons. The number of benzene rings is 1. The molecule has 2 fully saturated rings. The molecule has 1 saturated heterocycles. The first-order valence-corrected chi connectivity index (χ1v) is 9.17. The number of aromatic nitrogens is 2. The lowest BCUT2D eigenvalue weighted by atomic mass is 9.73. The van der Waals surface area contributed by atoms with Gasteiger partial charge >= 0.3 is 0 Å². The number of piperidine rings is 1. The average molecular weight is 323 g/mol. The lowest BCUT2D eigenvalue weighted by Gasteiger charge is -2.41. The summed E-state index contributed by atoms with van der Waals surface area (Å²) in [6.45, 7) is 2.22. The minimum absolute atomic E-state index is 0.134. The normalized spacial score (nSPS) is 31.3. The van der Waals surface area contributed by atoms with E-state index in [1.807, 2.05) is 12.5 Å². The van der Waals surface area contributed by atoms with Crippen molar-refractivity contribution >= 4 is 0 Å². The number of fused-ring (bicyclic) bond motifs is 3. The summed E-state index contributed by atoms with van der Waals surface area (Å²) in [5, 5.41) is 11.3. The molecule has 126 valence electrons. The van der Waals surface area contributed by atoms with Gasteiger partial charge in [-0.3, -0.25) is 0 Å². The quantitative estimate of drug-likeness (QED) is 0.877. The SMILES string of the molecule is CN1CCC2(CC[C@H]([C@@H]3c4ccccc4-c4cncn43)[C@@H]2O)CC1. The van der Waals surface area contributed by atoms with Gasteiger partial charge in [0, 0.05) is 11.5 Å². The van der Waals surface area contributed by atoms with E-state index in [9.17, 15) is 5.11 Å². The van der Waals surface area contributed by atoms with Crippen molar-refractivity contribution in [1.82, 2.24) is 14.5 Å². The van der Waals surface area contributed by atoms with Crippen molar-refractivity contribution in [2.45, 2.75) is 37.8 Å². The molecule has 3 aliphatic rings. The molecule has 1 N–H and O–H groups in total. The summed E-state index contributed by atoms with van der Waals surface area (Å²) in [4.78, 5) is 6.77. The third-order valence-corrected chi connectivity index (χ3v) is 6.92. The van der Waals surface area contributed by atoms with Crippen molar-refractivity contribution in [3.8, 4) is 11.3 Å². The van der Waals surface area contributed by atoms with Gasteiger partial charge < -0.3 is 14.6 Å². The highest BCUT2D eigenvalue weighted by Crippen LogP contribution is 2.55. The Morgan fingerprint density at radius 3 is 2.79 bits per heavy atom. The van der Waals surface area contributed by atoms with Gasteiger partial charge in [-0.2, -0.15) is 0 Å². The Labute approximate surface area is 143 Å². The number of aliphatic hydroxyl groups is 1. The molecule has 1 aliphatic carbocycles. The van der Waals surface area contributed by atoms with Crippen LogP contribution in [0.1, 0.15) is 37.3 Å². The molecule has 1 aromatic carbocycles. The van der Waals surface area contributed by atoms with E-state index in [2.05, 4.69) is 45.8 Å². The molecule has 0 amide bonds. The molecule has 1 aromatic heterocycles. The topological polar surface area (TPSA) is 41.3 Å². The second-order valence-corrected chi connectivity index (χ2v) is 8.03. The van der Waals surface area contributed by atoms with Crippen LogP contribution in [0.2, 0.25) is 0 Å². The van der Waals surface area contributed by atoms with Gasteiger partial charge in [0.05, 0.1) is 30.4 Å².